The average Bonchev–Trinajstić information content (AvgIpc) is 2.32. The number of rotatable bonds is 6. The van der Waals surface area contributed by atoms with Crippen molar-refractivity contribution in [1.82, 2.24) is 4.90 Å². The van der Waals surface area contributed by atoms with Gasteiger partial charge in [-0.1, -0.05) is 27.2 Å². The summed E-state index contributed by atoms with van der Waals surface area (Å²) in [5.41, 5.74) is -0.187. The van der Waals surface area contributed by atoms with E-state index in [1.54, 1.807) is 7.11 Å². The van der Waals surface area contributed by atoms with Crippen LogP contribution in [0.5, 0.6) is 0 Å². The average molecular weight is 241 g/mol. The highest BCUT2D eigenvalue weighted by atomic mass is 16.5. The Morgan fingerprint density at radius 1 is 1.53 bits per heavy atom. The third kappa shape index (κ3) is 4.07. The van der Waals surface area contributed by atoms with Gasteiger partial charge in [0.2, 0.25) is 0 Å². The van der Waals surface area contributed by atoms with Crippen molar-refractivity contribution in [2.45, 2.75) is 46.1 Å². The molecular formula is C14H27NO2. The molecule has 0 bridgehead atoms. The van der Waals surface area contributed by atoms with E-state index in [-0.39, 0.29) is 5.41 Å². The summed E-state index contributed by atoms with van der Waals surface area (Å²) in [5, 5.41) is 0. The molecule has 1 heterocycles. The van der Waals surface area contributed by atoms with Crippen molar-refractivity contribution in [2.24, 2.45) is 11.3 Å². The van der Waals surface area contributed by atoms with E-state index in [4.69, 9.17) is 4.74 Å². The molecule has 0 spiro atoms. The van der Waals surface area contributed by atoms with E-state index in [2.05, 4.69) is 25.7 Å². The number of ether oxygens (including phenoxy) is 1. The normalized spacial score (nSPS) is 29.9. The van der Waals surface area contributed by atoms with Gasteiger partial charge in [0.1, 0.15) is 6.29 Å². The second-order valence-corrected chi connectivity index (χ2v) is 5.80. The van der Waals surface area contributed by atoms with Crippen molar-refractivity contribution in [2.75, 3.05) is 26.7 Å². The molecule has 0 aromatic heterocycles. The maximum Gasteiger partial charge on any atom is 0.127 e. The zero-order chi connectivity index (χ0) is 12.9. The molecule has 3 unspecified atom stereocenters. The molecule has 0 amide bonds. The minimum atomic E-state index is -0.187. The Bertz CT molecular complexity index is 244. The first-order valence-electron chi connectivity index (χ1n) is 6.76. The number of carbonyl (C=O) groups is 1. The smallest absolute Gasteiger partial charge is 0.127 e. The van der Waals surface area contributed by atoms with Crippen LogP contribution in [0.3, 0.4) is 0 Å². The quantitative estimate of drug-likeness (QED) is 0.669. The fraction of sp³-hybridized carbons (Fsp3) is 0.929. The summed E-state index contributed by atoms with van der Waals surface area (Å²) in [6.45, 7) is 9.38. The molecule has 3 nitrogen and oxygen atoms in total. The molecule has 0 aromatic rings. The fourth-order valence-corrected chi connectivity index (χ4v) is 2.81. The SMILES string of the molecule is CCCC(C)(C=O)CN1CCC(C)C(OC)C1. The Balaban J connectivity index is 2.53. The molecule has 3 heteroatoms. The number of piperidine rings is 1. The lowest BCUT2D eigenvalue weighted by molar-refractivity contribution is -0.117. The fourth-order valence-electron chi connectivity index (χ4n) is 2.81. The Morgan fingerprint density at radius 2 is 2.24 bits per heavy atom. The topological polar surface area (TPSA) is 29.5 Å². The Labute approximate surface area is 106 Å². The van der Waals surface area contributed by atoms with E-state index >= 15 is 0 Å². The molecule has 0 N–H and O–H groups in total. The van der Waals surface area contributed by atoms with E-state index in [1.807, 2.05) is 0 Å². The highest BCUT2D eigenvalue weighted by Crippen LogP contribution is 2.26. The van der Waals surface area contributed by atoms with Gasteiger partial charge in [-0.2, -0.15) is 0 Å². The van der Waals surface area contributed by atoms with Crippen LogP contribution in [0.4, 0.5) is 0 Å². The van der Waals surface area contributed by atoms with E-state index in [0.29, 0.717) is 12.0 Å². The number of hydrogen-bond donors (Lipinski definition) is 0. The molecule has 17 heavy (non-hydrogen) atoms. The highest BCUT2D eigenvalue weighted by Gasteiger charge is 2.31. The molecule has 1 fully saturated rings. The lowest BCUT2D eigenvalue weighted by atomic mass is 9.85. The summed E-state index contributed by atoms with van der Waals surface area (Å²) in [4.78, 5) is 13.6. The van der Waals surface area contributed by atoms with Gasteiger partial charge < -0.3 is 9.53 Å². The number of hydrogen-bond acceptors (Lipinski definition) is 3. The first-order chi connectivity index (χ1) is 8.04. The van der Waals surface area contributed by atoms with Gasteiger partial charge in [0.15, 0.2) is 0 Å². The number of methoxy groups -OCH3 is 1. The van der Waals surface area contributed by atoms with Crippen LogP contribution in [-0.2, 0) is 9.53 Å². The lowest BCUT2D eigenvalue weighted by Gasteiger charge is -2.39. The minimum Gasteiger partial charge on any atom is -0.380 e. The van der Waals surface area contributed by atoms with Gasteiger partial charge in [-0.15, -0.1) is 0 Å². The van der Waals surface area contributed by atoms with E-state index in [0.717, 1.165) is 38.8 Å². The molecule has 1 saturated heterocycles. The molecule has 0 aromatic carbocycles. The Kier molecular flexibility index (Phi) is 5.60. The summed E-state index contributed by atoms with van der Waals surface area (Å²) >= 11 is 0. The Morgan fingerprint density at radius 3 is 2.76 bits per heavy atom. The largest absolute Gasteiger partial charge is 0.380 e. The van der Waals surface area contributed by atoms with Crippen LogP contribution in [0.15, 0.2) is 0 Å². The minimum absolute atomic E-state index is 0.187. The zero-order valence-corrected chi connectivity index (χ0v) is 11.7. The predicted molar refractivity (Wildman–Crippen MR) is 70.1 cm³/mol. The third-order valence-corrected chi connectivity index (χ3v) is 3.97. The van der Waals surface area contributed by atoms with Gasteiger partial charge >= 0.3 is 0 Å². The first-order valence-corrected chi connectivity index (χ1v) is 6.76. The van der Waals surface area contributed by atoms with Crippen molar-refractivity contribution in [3.63, 3.8) is 0 Å². The highest BCUT2D eigenvalue weighted by molar-refractivity contribution is 5.59. The van der Waals surface area contributed by atoms with Crippen molar-refractivity contribution >= 4 is 6.29 Å². The molecule has 0 saturated carbocycles. The Hall–Kier alpha value is -0.410. The van der Waals surface area contributed by atoms with Gasteiger partial charge in [-0.3, -0.25) is 4.90 Å². The van der Waals surface area contributed by atoms with Crippen LogP contribution in [0.1, 0.15) is 40.0 Å². The number of carbonyl (C=O) groups excluding carboxylic acids is 1. The monoisotopic (exact) mass is 241 g/mol. The zero-order valence-electron chi connectivity index (χ0n) is 11.7. The summed E-state index contributed by atoms with van der Waals surface area (Å²) in [5.74, 6) is 0.630. The van der Waals surface area contributed by atoms with Crippen molar-refractivity contribution < 1.29 is 9.53 Å². The third-order valence-electron chi connectivity index (χ3n) is 3.97. The number of nitrogens with zero attached hydrogens (tertiary/aromatic N) is 1. The molecule has 1 aliphatic heterocycles. The van der Waals surface area contributed by atoms with Crippen molar-refractivity contribution in [3.05, 3.63) is 0 Å². The first kappa shape index (κ1) is 14.7. The predicted octanol–water partition coefficient (Wildman–Crippen LogP) is 2.35. The van der Waals surface area contributed by atoms with Gasteiger partial charge in [-0.05, 0) is 25.3 Å². The molecular weight excluding hydrogens is 214 g/mol. The van der Waals surface area contributed by atoms with Crippen LogP contribution in [-0.4, -0.2) is 44.0 Å². The second kappa shape index (κ2) is 6.50. The van der Waals surface area contributed by atoms with E-state index in [1.165, 1.54) is 6.42 Å². The summed E-state index contributed by atoms with van der Waals surface area (Å²) in [6.07, 6.45) is 4.66. The standard InChI is InChI=1S/C14H27NO2/c1-5-7-14(3,11-16)10-15-8-6-12(2)13(9-15)17-4/h11-13H,5-10H2,1-4H3. The molecule has 1 aliphatic rings. The van der Waals surface area contributed by atoms with Crippen LogP contribution in [0.25, 0.3) is 0 Å². The van der Waals surface area contributed by atoms with Gasteiger partial charge in [0, 0.05) is 25.6 Å². The van der Waals surface area contributed by atoms with Crippen LogP contribution >= 0.6 is 0 Å². The maximum atomic E-state index is 11.2. The molecule has 3 atom stereocenters. The van der Waals surface area contributed by atoms with Gasteiger partial charge in [0.05, 0.1) is 6.10 Å². The van der Waals surface area contributed by atoms with Crippen molar-refractivity contribution in [1.29, 1.82) is 0 Å². The number of aldehydes is 1. The van der Waals surface area contributed by atoms with E-state index in [9.17, 15) is 4.79 Å². The van der Waals surface area contributed by atoms with Gasteiger partial charge in [-0.25, -0.2) is 0 Å². The van der Waals surface area contributed by atoms with Crippen LogP contribution in [0, 0.1) is 11.3 Å². The second-order valence-electron chi connectivity index (χ2n) is 5.80. The lowest BCUT2D eigenvalue weighted by Crippen LogP contribution is -2.48. The molecule has 100 valence electrons. The van der Waals surface area contributed by atoms with Crippen LogP contribution < -0.4 is 0 Å². The maximum absolute atomic E-state index is 11.2. The van der Waals surface area contributed by atoms with E-state index < -0.39 is 0 Å². The molecule has 0 radical (unpaired) electrons. The van der Waals surface area contributed by atoms with Crippen molar-refractivity contribution in [3.8, 4) is 0 Å². The summed E-state index contributed by atoms with van der Waals surface area (Å²) in [7, 11) is 1.79. The van der Waals surface area contributed by atoms with Gasteiger partial charge in [0.25, 0.3) is 0 Å². The molecule has 1 rings (SSSR count). The summed E-state index contributed by atoms with van der Waals surface area (Å²) in [6, 6.07) is 0. The van der Waals surface area contributed by atoms with Crippen LogP contribution in [0.2, 0.25) is 0 Å². The molecule has 0 aliphatic carbocycles. The number of likely N-dealkylation sites (tertiary alicyclic amines) is 1. The summed E-state index contributed by atoms with van der Waals surface area (Å²) < 4.78 is 5.51.